The van der Waals surface area contributed by atoms with Crippen LogP contribution in [-0.4, -0.2) is 4.98 Å². The van der Waals surface area contributed by atoms with Crippen LogP contribution in [0.1, 0.15) is 5.56 Å². The summed E-state index contributed by atoms with van der Waals surface area (Å²) in [5.41, 5.74) is 3.70. The molecule has 1 radical (unpaired) electrons. The van der Waals surface area contributed by atoms with Crippen LogP contribution in [0.5, 0.6) is 0 Å². The Hall–Kier alpha value is -1.63. The SMILES string of the molecule is [CH2]Cc1ccc(-c2ccncc2)cc1. The fourth-order valence-corrected chi connectivity index (χ4v) is 1.41. The van der Waals surface area contributed by atoms with Crippen molar-refractivity contribution in [1.29, 1.82) is 0 Å². The maximum absolute atomic E-state index is 3.99. The number of nitrogens with zero attached hydrogens (tertiary/aromatic N) is 1. The maximum Gasteiger partial charge on any atom is 0.0273 e. The van der Waals surface area contributed by atoms with Gasteiger partial charge in [-0.05, 0) is 42.2 Å². The van der Waals surface area contributed by atoms with Crippen molar-refractivity contribution in [2.24, 2.45) is 0 Å². The van der Waals surface area contributed by atoms with Gasteiger partial charge in [-0.15, -0.1) is 0 Å². The first-order valence-electron chi connectivity index (χ1n) is 4.69. The van der Waals surface area contributed by atoms with E-state index in [0.717, 1.165) is 6.42 Å². The van der Waals surface area contributed by atoms with E-state index in [1.807, 2.05) is 24.5 Å². The highest BCUT2D eigenvalue weighted by Gasteiger charge is 1.95. The van der Waals surface area contributed by atoms with Gasteiger partial charge in [0.2, 0.25) is 0 Å². The van der Waals surface area contributed by atoms with E-state index < -0.39 is 0 Å². The minimum absolute atomic E-state index is 0.844. The lowest BCUT2D eigenvalue weighted by atomic mass is 10.0. The number of hydrogen-bond donors (Lipinski definition) is 0. The first-order chi connectivity index (χ1) is 6.90. The Morgan fingerprint density at radius 3 is 2.00 bits per heavy atom. The average molecular weight is 182 g/mol. The van der Waals surface area contributed by atoms with Crippen LogP contribution in [-0.2, 0) is 6.42 Å². The van der Waals surface area contributed by atoms with Gasteiger partial charge in [0.15, 0.2) is 0 Å². The normalized spacial score (nSPS) is 10.1. The number of pyridine rings is 1. The average Bonchev–Trinajstić information content (AvgIpc) is 2.30. The van der Waals surface area contributed by atoms with Gasteiger partial charge in [0.1, 0.15) is 0 Å². The molecule has 0 aliphatic heterocycles. The molecule has 69 valence electrons. The van der Waals surface area contributed by atoms with Crippen LogP contribution in [0.2, 0.25) is 0 Å². The zero-order valence-electron chi connectivity index (χ0n) is 7.98. The van der Waals surface area contributed by atoms with Crippen molar-refractivity contribution in [1.82, 2.24) is 4.98 Å². The molecule has 0 atom stereocenters. The molecule has 0 aliphatic rings. The molecule has 0 unspecified atom stereocenters. The highest BCUT2D eigenvalue weighted by molar-refractivity contribution is 5.62. The lowest BCUT2D eigenvalue weighted by molar-refractivity contribution is 1.27. The van der Waals surface area contributed by atoms with Gasteiger partial charge < -0.3 is 0 Å². The molecule has 2 aromatic rings. The largest absolute Gasteiger partial charge is 0.265 e. The third-order valence-electron chi connectivity index (χ3n) is 2.26. The molecule has 0 saturated heterocycles. The fourth-order valence-electron chi connectivity index (χ4n) is 1.41. The smallest absolute Gasteiger partial charge is 0.0273 e. The third kappa shape index (κ3) is 1.82. The second kappa shape index (κ2) is 4.05. The van der Waals surface area contributed by atoms with E-state index in [1.165, 1.54) is 16.7 Å². The summed E-state index contributed by atoms with van der Waals surface area (Å²) in [6, 6.07) is 12.5. The maximum atomic E-state index is 3.99. The number of aromatic nitrogens is 1. The monoisotopic (exact) mass is 182 g/mol. The Morgan fingerprint density at radius 2 is 1.43 bits per heavy atom. The molecular formula is C13H12N. The molecule has 1 heterocycles. The predicted octanol–water partition coefficient (Wildman–Crippen LogP) is 3.13. The van der Waals surface area contributed by atoms with Crippen LogP contribution in [0.3, 0.4) is 0 Å². The highest BCUT2D eigenvalue weighted by Crippen LogP contribution is 2.18. The molecule has 14 heavy (non-hydrogen) atoms. The molecule has 1 nitrogen and oxygen atoms in total. The van der Waals surface area contributed by atoms with E-state index in [1.54, 1.807) is 0 Å². The molecule has 1 heteroatoms. The quantitative estimate of drug-likeness (QED) is 0.695. The summed E-state index contributed by atoms with van der Waals surface area (Å²) in [7, 11) is 0. The second-order valence-electron chi connectivity index (χ2n) is 3.18. The van der Waals surface area contributed by atoms with E-state index in [-0.39, 0.29) is 0 Å². The Balaban J connectivity index is 2.34. The van der Waals surface area contributed by atoms with Crippen molar-refractivity contribution >= 4 is 0 Å². The first-order valence-corrected chi connectivity index (χ1v) is 4.69. The van der Waals surface area contributed by atoms with Gasteiger partial charge in [0.25, 0.3) is 0 Å². The van der Waals surface area contributed by atoms with E-state index >= 15 is 0 Å². The van der Waals surface area contributed by atoms with E-state index in [4.69, 9.17) is 0 Å². The molecule has 1 aromatic carbocycles. The minimum atomic E-state index is 0.844. The number of hydrogen-bond acceptors (Lipinski definition) is 1. The summed E-state index contributed by atoms with van der Waals surface area (Å²) < 4.78 is 0. The van der Waals surface area contributed by atoms with Crippen LogP contribution in [0.4, 0.5) is 0 Å². The van der Waals surface area contributed by atoms with Crippen molar-refractivity contribution < 1.29 is 0 Å². The molecular weight excluding hydrogens is 170 g/mol. The zero-order valence-corrected chi connectivity index (χ0v) is 7.98. The molecule has 0 bridgehead atoms. The molecule has 0 spiro atoms. The highest BCUT2D eigenvalue weighted by atomic mass is 14.6. The third-order valence-corrected chi connectivity index (χ3v) is 2.26. The van der Waals surface area contributed by atoms with Crippen molar-refractivity contribution in [3.63, 3.8) is 0 Å². The van der Waals surface area contributed by atoms with Gasteiger partial charge in [-0.3, -0.25) is 4.98 Å². The minimum Gasteiger partial charge on any atom is -0.265 e. The van der Waals surface area contributed by atoms with Crippen molar-refractivity contribution in [2.45, 2.75) is 6.42 Å². The van der Waals surface area contributed by atoms with Gasteiger partial charge in [0.05, 0.1) is 0 Å². The second-order valence-corrected chi connectivity index (χ2v) is 3.18. The summed E-state index contributed by atoms with van der Waals surface area (Å²) in [5, 5.41) is 0. The summed E-state index contributed by atoms with van der Waals surface area (Å²) in [5.74, 6) is 0. The number of rotatable bonds is 2. The summed E-state index contributed by atoms with van der Waals surface area (Å²) >= 11 is 0. The van der Waals surface area contributed by atoms with Crippen LogP contribution in [0.25, 0.3) is 11.1 Å². The van der Waals surface area contributed by atoms with Gasteiger partial charge >= 0.3 is 0 Å². The Labute approximate surface area is 84.4 Å². The first kappa shape index (κ1) is 8.95. The van der Waals surface area contributed by atoms with Gasteiger partial charge in [-0.25, -0.2) is 0 Å². The lowest BCUT2D eigenvalue weighted by Gasteiger charge is -2.01. The molecule has 0 amide bonds. The summed E-state index contributed by atoms with van der Waals surface area (Å²) in [4.78, 5) is 3.99. The van der Waals surface area contributed by atoms with Crippen LogP contribution in [0, 0.1) is 6.92 Å². The number of benzene rings is 1. The molecule has 0 aliphatic carbocycles. The van der Waals surface area contributed by atoms with E-state index in [0.29, 0.717) is 0 Å². The van der Waals surface area contributed by atoms with Crippen molar-refractivity contribution in [3.05, 3.63) is 61.3 Å². The van der Waals surface area contributed by atoms with Gasteiger partial charge in [0, 0.05) is 12.4 Å². The Morgan fingerprint density at radius 1 is 0.857 bits per heavy atom. The Bertz CT molecular complexity index is 389. The fraction of sp³-hybridized carbons (Fsp3) is 0.0769. The predicted molar refractivity (Wildman–Crippen MR) is 58.7 cm³/mol. The van der Waals surface area contributed by atoms with E-state index in [9.17, 15) is 0 Å². The molecule has 0 saturated carbocycles. The van der Waals surface area contributed by atoms with Crippen molar-refractivity contribution in [3.8, 4) is 11.1 Å². The lowest BCUT2D eigenvalue weighted by Crippen LogP contribution is -1.81. The summed E-state index contributed by atoms with van der Waals surface area (Å²) in [6.45, 7) is 3.85. The zero-order chi connectivity index (χ0) is 9.80. The van der Waals surface area contributed by atoms with Crippen LogP contribution < -0.4 is 0 Å². The topological polar surface area (TPSA) is 12.9 Å². The van der Waals surface area contributed by atoms with Crippen molar-refractivity contribution in [2.75, 3.05) is 0 Å². The van der Waals surface area contributed by atoms with Crippen LogP contribution in [0.15, 0.2) is 48.8 Å². The summed E-state index contributed by atoms with van der Waals surface area (Å²) in [6.07, 6.45) is 4.46. The van der Waals surface area contributed by atoms with E-state index in [2.05, 4.69) is 36.2 Å². The molecule has 0 N–H and O–H groups in total. The standard InChI is InChI=1S/C13H12N/c1-2-11-3-5-12(6-4-11)13-7-9-14-10-8-13/h3-10H,1-2H2. The van der Waals surface area contributed by atoms with Gasteiger partial charge in [-0.2, -0.15) is 0 Å². The van der Waals surface area contributed by atoms with Gasteiger partial charge in [-0.1, -0.05) is 24.3 Å². The molecule has 0 fully saturated rings. The molecule has 1 aromatic heterocycles. The molecule has 2 rings (SSSR count). The van der Waals surface area contributed by atoms with Crippen LogP contribution >= 0.6 is 0 Å². The Kier molecular flexibility index (Phi) is 2.59.